The first-order valence-corrected chi connectivity index (χ1v) is 12.2. The fourth-order valence-electron chi connectivity index (χ4n) is 3.47. The van der Waals surface area contributed by atoms with Crippen LogP contribution in [-0.2, 0) is 30.8 Å². The standard InChI is InChI=1S/C23H29N3O6S/c1-31-19-10-12-20(13-11-19)33(29,30)26-15-6-16-32-21(26)17-25-23(28)22(27)24-14-5-9-18-7-3-2-4-8-18/h2-4,7-8,10-13,21H,5-6,9,14-17H2,1H3,(H,24,27)(H,25,28). The topological polar surface area (TPSA) is 114 Å². The summed E-state index contributed by atoms with van der Waals surface area (Å²) in [6.45, 7) is 0.839. The molecule has 1 fully saturated rings. The molecule has 0 spiro atoms. The lowest BCUT2D eigenvalue weighted by Crippen LogP contribution is -2.53. The number of carbonyl (C=O) groups is 2. The summed E-state index contributed by atoms with van der Waals surface area (Å²) in [5.74, 6) is -1.04. The second-order valence-electron chi connectivity index (χ2n) is 7.53. The molecule has 2 N–H and O–H groups in total. The Morgan fingerprint density at radius 3 is 2.45 bits per heavy atom. The summed E-state index contributed by atoms with van der Waals surface area (Å²) in [5.41, 5.74) is 1.16. The van der Waals surface area contributed by atoms with Crippen molar-refractivity contribution in [3.63, 3.8) is 0 Å². The maximum Gasteiger partial charge on any atom is 0.309 e. The molecule has 0 aliphatic carbocycles. The summed E-state index contributed by atoms with van der Waals surface area (Å²) in [6.07, 6.45) is 1.11. The van der Waals surface area contributed by atoms with Crippen LogP contribution >= 0.6 is 0 Å². The lowest BCUT2D eigenvalue weighted by Gasteiger charge is -2.34. The Hall–Kier alpha value is -2.95. The van der Waals surface area contributed by atoms with E-state index in [0.29, 0.717) is 31.7 Å². The third-order valence-electron chi connectivity index (χ3n) is 5.23. The van der Waals surface area contributed by atoms with Crippen LogP contribution in [0, 0.1) is 0 Å². The number of methoxy groups -OCH3 is 1. The van der Waals surface area contributed by atoms with Crippen molar-refractivity contribution in [2.24, 2.45) is 0 Å². The van der Waals surface area contributed by atoms with Crippen molar-refractivity contribution in [2.45, 2.75) is 30.4 Å². The van der Waals surface area contributed by atoms with E-state index in [1.54, 1.807) is 12.1 Å². The zero-order valence-corrected chi connectivity index (χ0v) is 19.3. The van der Waals surface area contributed by atoms with Gasteiger partial charge in [-0.15, -0.1) is 0 Å². The van der Waals surface area contributed by atoms with Gasteiger partial charge in [-0.2, -0.15) is 4.31 Å². The molecule has 10 heteroatoms. The van der Waals surface area contributed by atoms with Crippen molar-refractivity contribution in [2.75, 3.05) is 33.4 Å². The van der Waals surface area contributed by atoms with Crippen molar-refractivity contribution in [3.05, 3.63) is 60.2 Å². The minimum atomic E-state index is -3.85. The number of amides is 2. The fourth-order valence-corrected chi connectivity index (χ4v) is 5.03. The summed E-state index contributed by atoms with van der Waals surface area (Å²) in [6, 6.07) is 15.9. The van der Waals surface area contributed by atoms with Crippen LogP contribution in [0.25, 0.3) is 0 Å². The maximum atomic E-state index is 13.1. The number of sulfonamides is 1. The molecular formula is C23H29N3O6S. The molecule has 1 aliphatic heterocycles. The van der Waals surface area contributed by atoms with Crippen LogP contribution in [0.15, 0.2) is 59.5 Å². The number of benzene rings is 2. The van der Waals surface area contributed by atoms with Crippen molar-refractivity contribution in [1.29, 1.82) is 0 Å². The van der Waals surface area contributed by atoms with Crippen molar-refractivity contribution >= 4 is 21.8 Å². The predicted molar refractivity (Wildman–Crippen MR) is 122 cm³/mol. The lowest BCUT2D eigenvalue weighted by atomic mass is 10.1. The zero-order valence-electron chi connectivity index (χ0n) is 18.5. The monoisotopic (exact) mass is 475 g/mol. The summed E-state index contributed by atoms with van der Waals surface area (Å²) in [4.78, 5) is 24.4. The van der Waals surface area contributed by atoms with Gasteiger partial charge in [-0.05, 0) is 49.1 Å². The first-order chi connectivity index (χ1) is 15.9. The maximum absolute atomic E-state index is 13.1. The Morgan fingerprint density at radius 1 is 1.06 bits per heavy atom. The number of rotatable bonds is 9. The Labute approximate surface area is 194 Å². The van der Waals surface area contributed by atoms with Gasteiger partial charge in [-0.3, -0.25) is 9.59 Å². The van der Waals surface area contributed by atoms with E-state index in [0.717, 1.165) is 12.0 Å². The van der Waals surface area contributed by atoms with Crippen LogP contribution in [0.4, 0.5) is 0 Å². The summed E-state index contributed by atoms with van der Waals surface area (Å²) >= 11 is 0. The van der Waals surface area contributed by atoms with Crippen molar-refractivity contribution in [3.8, 4) is 5.75 Å². The normalized spacial score (nSPS) is 16.7. The molecule has 2 aromatic rings. The first kappa shape index (κ1) is 24.7. The largest absolute Gasteiger partial charge is 0.497 e. The fraction of sp³-hybridized carbons (Fsp3) is 0.391. The van der Waals surface area contributed by atoms with E-state index in [1.165, 1.54) is 23.5 Å². The number of aryl methyl sites for hydroxylation is 1. The van der Waals surface area contributed by atoms with Crippen LogP contribution in [0.1, 0.15) is 18.4 Å². The third kappa shape index (κ3) is 6.77. The van der Waals surface area contributed by atoms with Crippen LogP contribution in [-0.4, -0.2) is 64.1 Å². The van der Waals surface area contributed by atoms with E-state index in [9.17, 15) is 18.0 Å². The van der Waals surface area contributed by atoms with Gasteiger partial charge in [0.2, 0.25) is 10.0 Å². The van der Waals surface area contributed by atoms with Gasteiger partial charge in [-0.1, -0.05) is 30.3 Å². The number of hydrogen-bond donors (Lipinski definition) is 2. The quantitative estimate of drug-likeness (QED) is 0.417. The van der Waals surface area contributed by atoms with E-state index in [4.69, 9.17) is 9.47 Å². The molecule has 1 atom stereocenters. The second kappa shape index (κ2) is 11.8. The molecule has 0 bridgehead atoms. The first-order valence-electron chi connectivity index (χ1n) is 10.8. The van der Waals surface area contributed by atoms with Crippen LogP contribution in [0.3, 0.4) is 0 Å². The Bertz CT molecular complexity index is 1030. The third-order valence-corrected chi connectivity index (χ3v) is 7.14. The zero-order chi connectivity index (χ0) is 23.7. The number of carbonyl (C=O) groups excluding carboxylic acids is 2. The van der Waals surface area contributed by atoms with Gasteiger partial charge in [0.25, 0.3) is 0 Å². The molecule has 2 aromatic carbocycles. The molecule has 1 saturated heterocycles. The average Bonchev–Trinajstić information content (AvgIpc) is 2.85. The van der Waals surface area contributed by atoms with Gasteiger partial charge in [0.15, 0.2) is 0 Å². The summed E-state index contributed by atoms with van der Waals surface area (Å²) in [7, 11) is -2.35. The summed E-state index contributed by atoms with van der Waals surface area (Å²) in [5, 5.41) is 5.06. The SMILES string of the molecule is COc1ccc(S(=O)(=O)N2CCCOC2CNC(=O)C(=O)NCCCc2ccccc2)cc1. The Kier molecular flexibility index (Phi) is 8.81. The highest BCUT2D eigenvalue weighted by molar-refractivity contribution is 7.89. The van der Waals surface area contributed by atoms with E-state index in [1.807, 2.05) is 30.3 Å². The number of ether oxygens (including phenoxy) is 2. The van der Waals surface area contributed by atoms with Crippen LogP contribution in [0.2, 0.25) is 0 Å². The summed E-state index contributed by atoms with van der Waals surface area (Å²) < 4.78 is 38.0. The number of nitrogens with one attached hydrogen (secondary N) is 2. The van der Waals surface area contributed by atoms with Gasteiger partial charge < -0.3 is 20.1 Å². The lowest BCUT2D eigenvalue weighted by molar-refractivity contribution is -0.140. The van der Waals surface area contributed by atoms with Gasteiger partial charge in [-0.25, -0.2) is 8.42 Å². The van der Waals surface area contributed by atoms with Gasteiger partial charge in [0, 0.05) is 13.1 Å². The molecule has 33 heavy (non-hydrogen) atoms. The molecular weight excluding hydrogens is 446 g/mol. The van der Waals surface area contributed by atoms with E-state index in [-0.39, 0.29) is 18.0 Å². The molecule has 1 heterocycles. The molecule has 0 saturated carbocycles. The highest BCUT2D eigenvalue weighted by Gasteiger charge is 2.35. The molecule has 9 nitrogen and oxygen atoms in total. The molecule has 178 valence electrons. The van der Waals surface area contributed by atoms with Crippen molar-refractivity contribution < 1.29 is 27.5 Å². The minimum Gasteiger partial charge on any atom is -0.497 e. The molecule has 0 radical (unpaired) electrons. The average molecular weight is 476 g/mol. The minimum absolute atomic E-state index is 0.0984. The molecule has 1 aliphatic rings. The van der Waals surface area contributed by atoms with Crippen LogP contribution < -0.4 is 15.4 Å². The molecule has 3 rings (SSSR count). The van der Waals surface area contributed by atoms with E-state index >= 15 is 0 Å². The highest BCUT2D eigenvalue weighted by atomic mass is 32.2. The predicted octanol–water partition coefficient (Wildman–Crippen LogP) is 1.30. The van der Waals surface area contributed by atoms with Crippen LogP contribution in [0.5, 0.6) is 5.75 Å². The van der Waals surface area contributed by atoms with E-state index < -0.39 is 28.1 Å². The van der Waals surface area contributed by atoms with Gasteiger partial charge in [0.1, 0.15) is 12.0 Å². The Balaban J connectivity index is 1.50. The van der Waals surface area contributed by atoms with Crippen molar-refractivity contribution in [1.82, 2.24) is 14.9 Å². The highest BCUT2D eigenvalue weighted by Crippen LogP contribution is 2.23. The van der Waals surface area contributed by atoms with Gasteiger partial charge >= 0.3 is 11.8 Å². The second-order valence-corrected chi connectivity index (χ2v) is 9.42. The Morgan fingerprint density at radius 2 is 1.76 bits per heavy atom. The molecule has 0 aromatic heterocycles. The van der Waals surface area contributed by atoms with E-state index in [2.05, 4.69) is 10.6 Å². The number of nitrogens with zero attached hydrogens (tertiary/aromatic N) is 1. The molecule has 1 unspecified atom stereocenters. The smallest absolute Gasteiger partial charge is 0.309 e. The van der Waals surface area contributed by atoms with Gasteiger partial charge in [0.05, 0.1) is 25.2 Å². The number of hydrogen-bond acceptors (Lipinski definition) is 6. The molecule has 2 amide bonds.